The number of rotatable bonds is 8. The summed E-state index contributed by atoms with van der Waals surface area (Å²) in [6.07, 6.45) is -0.186. The Labute approximate surface area is 183 Å². The molecule has 0 radical (unpaired) electrons. The van der Waals surface area contributed by atoms with Crippen LogP contribution in [0.2, 0.25) is 0 Å². The quantitative estimate of drug-likeness (QED) is 0.302. The maximum Gasteiger partial charge on any atom is 0.437 e. The summed E-state index contributed by atoms with van der Waals surface area (Å²) >= 11 is 0. The van der Waals surface area contributed by atoms with E-state index in [1.54, 1.807) is 6.07 Å². The molecule has 0 atom stereocenters. The number of fused-ring (bicyclic) bond motifs is 2. The second-order valence-corrected chi connectivity index (χ2v) is 7.64. The number of alkyl halides is 3. The van der Waals surface area contributed by atoms with Crippen LogP contribution in [0.5, 0.6) is 5.75 Å². The van der Waals surface area contributed by atoms with Crippen LogP contribution in [-0.4, -0.2) is 16.3 Å². The van der Waals surface area contributed by atoms with Crippen molar-refractivity contribution in [3.05, 3.63) is 59.4 Å². The fourth-order valence-electron chi connectivity index (χ4n) is 3.93. The van der Waals surface area contributed by atoms with Crippen molar-refractivity contribution < 1.29 is 22.4 Å². The lowest BCUT2D eigenvalue weighted by atomic mass is 10.0. The summed E-state index contributed by atoms with van der Waals surface area (Å²) in [6.45, 7) is 3.09. The summed E-state index contributed by atoms with van der Waals surface area (Å²) in [5.41, 5.74) is 1.82. The Bertz CT molecular complexity index is 1280. The van der Waals surface area contributed by atoms with E-state index in [4.69, 9.17) is 14.5 Å². The standard InChI is InChI=1S/C24H22F3N3O2/c1-2-4-18-21(8-6-19-22(18)32-29-23(19)24(25,26)27)31-14-3-12-30-13-10-17-15-16(9-11-28)5-7-20(17)30/h5-8,10,13,15H,2-4,9,12,14H2,1H3. The summed E-state index contributed by atoms with van der Waals surface area (Å²) in [7, 11) is 0. The normalized spacial score (nSPS) is 11.8. The van der Waals surface area contributed by atoms with Crippen LogP contribution >= 0.6 is 0 Å². The number of ether oxygens (including phenoxy) is 1. The van der Waals surface area contributed by atoms with E-state index in [-0.39, 0.29) is 11.0 Å². The zero-order chi connectivity index (χ0) is 22.7. The van der Waals surface area contributed by atoms with Crippen molar-refractivity contribution >= 4 is 21.9 Å². The molecule has 4 rings (SSSR count). The minimum atomic E-state index is -4.56. The first-order valence-electron chi connectivity index (χ1n) is 10.5. The highest BCUT2D eigenvalue weighted by Gasteiger charge is 2.37. The van der Waals surface area contributed by atoms with E-state index >= 15 is 0 Å². The predicted molar refractivity (Wildman–Crippen MR) is 114 cm³/mol. The smallest absolute Gasteiger partial charge is 0.437 e. The van der Waals surface area contributed by atoms with Gasteiger partial charge in [0.2, 0.25) is 0 Å². The van der Waals surface area contributed by atoms with Crippen molar-refractivity contribution in [3.8, 4) is 11.8 Å². The molecule has 0 amide bonds. The largest absolute Gasteiger partial charge is 0.493 e. The number of aromatic nitrogens is 2. The van der Waals surface area contributed by atoms with Crippen LogP contribution < -0.4 is 4.74 Å². The fraction of sp³-hybridized carbons (Fsp3) is 0.333. The van der Waals surface area contributed by atoms with Crippen LogP contribution in [0.4, 0.5) is 13.2 Å². The monoisotopic (exact) mass is 441 g/mol. The summed E-state index contributed by atoms with van der Waals surface area (Å²) < 4.78 is 52.6. The number of halogens is 3. The molecule has 0 saturated heterocycles. The molecule has 0 fully saturated rings. The molecule has 4 aromatic rings. The van der Waals surface area contributed by atoms with Gasteiger partial charge in [-0.05, 0) is 54.1 Å². The average molecular weight is 441 g/mol. The topological polar surface area (TPSA) is 64.0 Å². The first-order chi connectivity index (χ1) is 15.4. The Morgan fingerprint density at radius 3 is 2.78 bits per heavy atom. The molecule has 0 spiro atoms. The zero-order valence-electron chi connectivity index (χ0n) is 17.6. The van der Waals surface area contributed by atoms with Crippen LogP contribution in [0.1, 0.15) is 36.6 Å². The molecular formula is C24H22F3N3O2. The molecule has 0 unspecified atom stereocenters. The fourth-order valence-corrected chi connectivity index (χ4v) is 3.93. The number of benzene rings is 2. The van der Waals surface area contributed by atoms with Crippen molar-refractivity contribution in [3.63, 3.8) is 0 Å². The summed E-state index contributed by atoms with van der Waals surface area (Å²) in [6, 6.07) is 13.1. The molecule has 2 heterocycles. The molecule has 2 aromatic carbocycles. The van der Waals surface area contributed by atoms with Crippen molar-refractivity contribution in [1.82, 2.24) is 9.72 Å². The van der Waals surface area contributed by atoms with Gasteiger partial charge >= 0.3 is 6.18 Å². The van der Waals surface area contributed by atoms with Crippen LogP contribution in [0.15, 0.2) is 47.1 Å². The van der Waals surface area contributed by atoms with Crippen LogP contribution in [0, 0.1) is 11.3 Å². The third kappa shape index (κ3) is 4.28. The van der Waals surface area contributed by atoms with Gasteiger partial charge in [0.05, 0.1) is 24.5 Å². The van der Waals surface area contributed by atoms with Gasteiger partial charge in [-0.25, -0.2) is 0 Å². The Morgan fingerprint density at radius 1 is 1.19 bits per heavy atom. The number of nitrogens with zero attached hydrogens (tertiary/aromatic N) is 3. The van der Waals surface area contributed by atoms with Gasteiger partial charge in [-0.2, -0.15) is 18.4 Å². The lowest BCUT2D eigenvalue weighted by Crippen LogP contribution is -2.06. The number of aryl methyl sites for hydroxylation is 2. The average Bonchev–Trinajstić information content (AvgIpc) is 3.37. The SMILES string of the molecule is CCCc1c(OCCCn2ccc3cc(CC#N)ccc32)ccc2c(C(F)(F)F)noc12. The van der Waals surface area contributed by atoms with Gasteiger partial charge in [0.15, 0.2) is 11.3 Å². The van der Waals surface area contributed by atoms with Crippen LogP contribution in [0.25, 0.3) is 21.9 Å². The molecule has 0 N–H and O–H groups in total. The lowest BCUT2D eigenvalue weighted by Gasteiger charge is -2.12. The minimum Gasteiger partial charge on any atom is -0.493 e. The molecule has 8 heteroatoms. The van der Waals surface area contributed by atoms with Gasteiger partial charge in [-0.1, -0.05) is 24.6 Å². The summed E-state index contributed by atoms with van der Waals surface area (Å²) in [5.74, 6) is 0.530. The molecule has 0 aliphatic rings. The van der Waals surface area contributed by atoms with E-state index in [0.29, 0.717) is 30.8 Å². The molecule has 166 valence electrons. The first kappa shape index (κ1) is 21.8. The van der Waals surface area contributed by atoms with Crippen molar-refractivity contribution in [1.29, 1.82) is 5.26 Å². The predicted octanol–water partition coefficient (Wildman–Crippen LogP) is 6.29. The van der Waals surface area contributed by atoms with Crippen molar-refractivity contribution in [2.24, 2.45) is 0 Å². The van der Waals surface area contributed by atoms with E-state index in [0.717, 1.165) is 35.9 Å². The third-order valence-electron chi connectivity index (χ3n) is 5.39. The molecule has 0 saturated carbocycles. The number of hydrogen-bond acceptors (Lipinski definition) is 4. The highest BCUT2D eigenvalue weighted by atomic mass is 19.4. The van der Waals surface area contributed by atoms with Crippen molar-refractivity contribution in [2.45, 2.75) is 45.3 Å². The van der Waals surface area contributed by atoms with Gasteiger partial charge in [-0.3, -0.25) is 0 Å². The molecule has 2 aromatic heterocycles. The van der Waals surface area contributed by atoms with Crippen molar-refractivity contribution in [2.75, 3.05) is 6.61 Å². The second kappa shape index (κ2) is 8.95. The van der Waals surface area contributed by atoms with E-state index < -0.39 is 11.9 Å². The number of nitriles is 1. The minimum absolute atomic E-state index is 0.0390. The van der Waals surface area contributed by atoms with Crippen LogP contribution in [0.3, 0.4) is 0 Å². The second-order valence-electron chi connectivity index (χ2n) is 7.64. The molecule has 0 aliphatic carbocycles. The maximum absolute atomic E-state index is 13.2. The highest BCUT2D eigenvalue weighted by molar-refractivity contribution is 5.85. The molecular weight excluding hydrogens is 419 g/mol. The molecule has 0 aliphatic heterocycles. The van der Waals surface area contributed by atoms with E-state index in [2.05, 4.69) is 15.8 Å². The van der Waals surface area contributed by atoms with E-state index in [1.807, 2.05) is 37.4 Å². The zero-order valence-corrected chi connectivity index (χ0v) is 17.6. The third-order valence-corrected chi connectivity index (χ3v) is 5.39. The van der Waals surface area contributed by atoms with Gasteiger partial charge in [0, 0.05) is 23.8 Å². The lowest BCUT2D eigenvalue weighted by molar-refractivity contribution is -0.141. The first-order valence-corrected chi connectivity index (χ1v) is 10.5. The summed E-state index contributed by atoms with van der Waals surface area (Å²) in [5, 5.41) is 13.1. The number of hydrogen-bond donors (Lipinski definition) is 0. The Hall–Kier alpha value is -3.47. The van der Waals surface area contributed by atoms with Crippen LogP contribution in [-0.2, 0) is 25.6 Å². The summed E-state index contributed by atoms with van der Waals surface area (Å²) in [4.78, 5) is 0. The van der Waals surface area contributed by atoms with Gasteiger partial charge < -0.3 is 13.8 Å². The van der Waals surface area contributed by atoms with Gasteiger partial charge in [0.1, 0.15) is 5.75 Å². The van der Waals surface area contributed by atoms with Gasteiger partial charge in [0.25, 0.3) is 0 Å². The Kier molecular flexibility index (Phi) is 6.08. The Morgan fingerprint density at radius 2 is 2.03 bits per heavy atom. The Balaban J connectivity index is 1.46. The van der Waals surface area contributed by atoms with Gasteiger partial charge in [-0.15, -0.1) is 0 Å². The van der Waals surface area contributed by atoms with E-state index in [9.17, 15) is 13.2 Å². The highest BCUT2D eigenvalue weighted by Crippen LogP contribution is 2.38. The molecule has 5 nitrogen and oxygen atoms in total. The molecule has 0 bridgehead atoms. The maximum atomic E-state index is 13.2. The van der Waals surface area contributed by atoms with E-state index in [1.165, 1.54) is 6.07 Å². The molecule has 32 heavy (non-hydrogen) atoms.